The summed E-state index contributed by atoms with van der Waals surface area (Å²) in [6, 6.07) is 4.16. The van der Waals surface area contributed by atoms with E-state index in [1.165, 1.54) is 0 Å². The fourth-order valence-electron chi connectivity index (χ4n) is 1.26. The summed E-state index contributed by atoms with van der Waals surface area (Å²) >= 11 is 0. The maximum Gasteiger partial charge on any atom is 0.103 e. The van der Waals surface area contributed by atoms with E-state index in [0.29, 0.717) is 0 Å². The molecular formula is C11H17NO. The van der Waals surface area contributed by atoms with Crippen LogP contribution in [0, 0.1) is 0 Å². The summed E-state index contributed by atoms with van der Waals surface area (Å²) in [6.45, 7) is 3.67. The fraction of sp³-hybridized carbons (Fsp3) is 0.455. The third kappa shape index (κ3) is 3.95. The number of hydrogen-bond acceptors (Lipinski definition) is 2. The van der Waals surface area contributed by atoms with E-state index >= 15 is 0 Å². The molecular weight excluding hydrogens is 162 g/mol. The standard InChI is InChI=1S/C11H17NO/c1-2-3-5-10(12)7-8-11-6-4-9-13-11/h2,4,6,9-10H,1,3,5,7-8,12H2. The van der Waals surface area contributed by atoms with Crippen molar-refractivity contribution in [2.75, 3.05) is 0 Å². The van der Waals surface area contributed by atoms with E-state index in [2.05, 4.69) is 6.58 Å². The maximum absolute atomic E-state index is 5.89. The molecule has 1 aromatic rings. The van der Waals surface area contributed by atoms with E-state index in [9.17, 15) is 0 Å². The van der Waals surface area contributed by atoms with E-state index < -0.39 is 0 Å². The van der Waals surface area contributed by atoms with Crippen LogP contribution in [0.4, 0.5) is 0 Å². The highest BCUT2D eigenvalue weighted by molar-refractivity contribution is 4.98. The highest BCUT2D eigenvalue weighted by atomic mass is 16.3. The average Bonchev–Trinajstić information content (AvgIpc) is 2.64. The molecule has 1 heterocycles. The van der Waals surface area contributed by atoms with E-state index in [1.807, 2.05) is 18.2 Å². The monoisotopic (exact) mass is 179 g/mol. The van der Waals surface area contributed by atoms with Crippen LogP contribution < -0.4 is 5.73 Å². The van der Waals surface area contributed by atoms with Crippen molar-refractivity contribution in [3.63, 3.8) is 0 Å². The predicted molar refractivity (Wildman–Crippen MR) is 54.4 cm³/mol. The molecule has 2 N–H and O–H groups in total. The first-order valence-electron chi connectivity index (χ1n) is 4.72. The van der Waals surface area contributed by atoms with Crippen LogP contribution in [-0.2, 0) is 6.42 Å². The minimum absolute atomic E-state index is 0.267. The van der Waals surface area contributed by atoms with Crippen molar-refractivity contribution in [3.8, 4) is 0 Å². The van der Waals surface area contributed by atoms with Gasteiger partial charge in [0.2, 0.25) is 0 Å². The minimum atomic E-state index is 0.267. The van der Waals surface area contributed by atoms with Crippen LogP contribution in [0.2, 0.25) is 0 Å². The predicted octanol–water partition coefficient (Wildman–Crippen LogP) is 2.51. The van der Waals surface area contributed by atoms with E-state index in [1.54, 1.807) is 6.26 Å². The van der Waals surface area contributed by atoms with Crippen molar-refractivity contribution in [1.82, 2.24) is 0 Å². The minimum Gasteiger partial charge on any atom is -0.469 e. The summed E-state index contributed by atoms with van der Waals surface area (Å²) in [5.74, 6) is 1.02. The molecule has 0 radical (unpaired) electrons. The normalized spacial score (nSPS) is 12.7. The van der Waals surface area contributed by atoms with Crippen LogP contribution in [-0.4, -0.2) is 6.04 Å². The molecule has 1 unspecified atom stereocenters. The van der Waals surface area contributed by atoms with Gasteiger partial charge in [0.05, 0.1) is 6.26 Å². The number of nitrogens with two attached hydrogens (primary N) is 1. The largest absolute Gasteiger partial charge is 0.469 e. The Morgan fingerprint density at radius 2 is 2.38 bits per heavy atom. The Morgan fingerprint density at radius 1 is 1.54 bits per heavy atom. The van der Waals surface area contributed by atoms with Crippen LogP contribution >= 0.6 is 0 Å². The quantitative estimate of drug-likeness (QED) is 0.681. The van der Waals surface area contributed by atoms with E-state index in [0.717, 1.165) is 31.4 Å². The van der Waals surface area contributed by atoms with Crippen molar-refractivity contribution < 1.29 is 4.42 Å². The van der Waals surface area contributed by atoms with Gasteiger partial charge in [-0.25, -0.2) is 0 Å². The summed E-state index contributed by atoms with van der Waals surface area (Å²) in [5, 5.41) is 0. The third-order valence-electron chi connectivity index (χ3n) is 2.08. The van der Waals surface area contributed by atoms with Gasteiger partial charge in [-0.2, -0.15) is 0 Å². The lowest BCUT2D eigenvalue weighted by Crippen LogP contribution is -2.20. The molecule has 2 heteroatoms. The maximum atomic E-state index is 5.89. The van der Waals surface area contributed by atoms with Gasteiger partial charge in [-0.3, -0.25) is 0 Å². The van der Waals surface area contributed by atoms with E-state index in [4.69, 9.17) is 10.2 Å². The average molecular weight is 179 g/mol. The molecule has 0 aromatic carbocycles. The van der Waals surface area contributed by atoms with Crippen molar-refractivity contribution >= 4 is 0 Å². The zero-order valence-electron chi connectivity index (χ0n) is 7.91. The van der Waals surface area contributed by atoms with Gasteiger partial charge in [0, 0.05) is 12.5 Å². The molecule has 0 aliphatic heterocycles. The molecule has 0 saturated heterocycles. The number of hydrogen-bond donors (Lipinski definition) is 1. The van der Waals surface area contributed by atoms with Crippen LogP contribution in [0.25, 0.3) is 0 Å². The Bertz CT molecular complexity index is 228. The summed E-state index contributed by atoms with van der Waals surface area (Å²) in [4.78, 5) is 0. The molecule has 2 nitrogen and oxygen atoms in total. The number of aryl methyl sites for hydroxylation is 1. The second-order valence-corrected chi connectivity index (χ2v) is 3.24. The van der Waals surface area contributed by atoms with Crippen molar-refractivity contribution in [2.45, 2.75) is 31.7 Å². The first-order valence-corrected chi connectivity index (χ1v) is 4.72. The van der Waals surface area contributed by atoms with Crippen LogP contribution in [0.1, 0.15) is 25.0 Å². The molecule has 0 bridgehead atoms. The Balaban J connectivity index is 2.15. The molecule has 0 fully saturated rings. The molecule has 1 rings (SSSR count). The van der Waals surface area contributed by atoms with Crippen molar-refractivity contribution in [1.29, 1.82) is 0 Å². The van der Waals surface area contributed by atoms with Crippen LogP contribution in [0.5, 0.6) is 0 Å². The molecule has 13 heavy (non-hydrogen) atoms. The third-order valence-corrected chi connectivity index (χ3v) is 2.08. The summed E-state index contributed by atoms with van der Waals surface area (Å²) in [6.07, 6.45) is 7.55. The van der Waals surface area contributed by atoms with Crippen molar-refractivity contribution in [2.24, 2.45) is 5.73 Å². The smallest absolute Gasteiger partial charge is 0.103 e. The molecule has 1 aromatic heterocycles. The highest BCUT2D eigenvalue weighted by Gasteiger charge is 2.02. The molecule has 0 aliphatic rings. The van der Waals surface area contributed by atoms with Gasteiger partial charge in [0.15, 0.2) is 0 Å². The van der Waals surface area contributed by atoms with Crippen LogP contribution in [0.3, 0.4) is 0 Å². The van der Waals surface area contributed by atoms with Gasteiger partial charge in [-0.1, -0.05) is 6.08 Å². The Hall–Kier alpha value is -1.02. The highest BCUT2D eigenvalue weighted by Crippen LogP contribution is 2.07. The van der Waals surface area contributed by atoms with E-state index in [-0.39, 0.29) is 6.04 Å². The lowest BCUT2D eigenvalue weighted by molar-refractivity contribution is 0.478. The van der Waals surface area contributed by atoms with Gasteiger partial charge < -0.3 is 10.2 Å². The zero-order chi connectivity index (χ0) is 9.52. The Morgan fingerprint density at radius 3 is 3.00 bits per heavy atom. The summed E-state index contributed by atoms with van der Waals surface area (Å²) in [5.41, 5.74) is 5.89. The second-order valence-electron chi connectivity index (χ2n) is 3.24. The number of rotatable bonds is 6. The van der Waals surface area contributed by atoms with Crippen LogP contribution in [0.15, 0.2) is 35.5 Å². The molecule has 1 atom stereocenters. The summed E-state index contributed by atoms with van der Waals surface area (Å²) < 4.78 is 5.21. The number of allylic oxidation sites excluding steroid dienone is 1. The fourth-order valence-corrected chi connectivity index (χ4v) is 1.26. The van der Waals surface area contributed by atoms with Gasteiger partial charge in [-0.15, -0.1) is 6.58 Å². The van der Waals surface area contributed by atoms with Gasteiger partial charge in [-0.05, 0) is 31.4 Å². The van der Waals surface area contributed by atoms with Gasteiger partial charge in [0.1, 0.15) is 5.76 Å². The number of furan rings is 1. The first kappa shape index (κ1) is 10.1. The molecule has 0 spiro atoms. The Kier molecular flexibility index (Phi) is 4.33. The molecule has 72 valence electrons. The lowest BCUT2D eigenvalue weighted by atomic mass is 10.1. The first-order chi connectivity index (χ1) is 6.33. The molecule has 0 saturated carbocycles. The molecule has 0 amide bonds. The lowest BCUT2D eigenvalue weighted by Gasteiger charge is -2.08. The SMILES string of the molecule is C=CCCC(N)CCc1ccco1. The Labute approximate surface area is 79.4 Å². The molecule has 0 aliphatic carbocycles. The van der Waals surface area contributed by atoms with Gasteiger partial charge >= 0.3 is 0 Å². The summed E-state index contributed by atoms with van der Waals surface area (Å²) in [7, 11) is 0. The second kappa shape index (κ2) is 5.60. The zero-order valence-corrected chi connectivity index (χ0v) is 7.91. The van der Waals surface area contributed by atoms with Crippen molar-refractivity contribution in [3.05, 3.63) is 36.8 Å². The topological polar surface area (TPSA) is 39.2 Å². The van der Waals surface area contributed by atoms with Gasteiger partial charge in [0.25, 0.3) is 0 Å².